The molecule has 5 aliphatic rings. The fourth-order valence-corrected chi connectivity index (χ4v) is 14.6. The van der Waals surface area contributed by atoms with Crippen LogP contribution in [0.3, 0.4) is 0 Å². The van der Waals surface area contributed by atoms with Gasteiger partial charge in [0.2, 0.25) is 0 Å². The zero-order valence-corrected chi connectivity index (χ0v) is 33.0. The van der Waals surface area contributed by atoms with E-state index in [0.29, 0.717) is 17.8 Å². The largest absolute Gasteiger partial charge is 0.309 e. The molecule has 1 heterocycles. The van der Waals surface area contributed by atoms with Crippen molar-refractivity contribution in [3.63, 3.8) is 0 Å². The van der Waals surface area contributed by atoms with Crippen molar-refractivity contribution in [2.75, 3.05) is 4.90 Å². The Hall–Kier alpha value is -4.66. The number of hydrogen-bond donors (Lipinski definition) is 0. The van der Waals surface area contributed by atoms with Gasteiger partial charge in [-0.3, -0.25) is 0 Å². The van der Waals surface area contributed by atoms with Gasteiger partial charge in [-0.25, -0.2) is 0 Å². The van der Waals surface area contributed by atoms with Crippen LogP contribution >= 0.6 is 11.3 Å². The molecule has 6 aromatic carbocycles. The molecule has 5 atom stereocenters. The quantitative estimate of drug-likeness (QED) is 0.174. The molecule has 1 nitrogen and oxygen atoms in total. The number of benzene rings is 6. The number of nitrogens with zero attached hydrogens (tertiary/aromatic N) is 1. The molecular weight excluding hydrogens is 683 g/mol. The van der Waals surface area contributed by atoms with Crippen molar-refractivity contribution in [3.8, 4) is 22.3 Å². The molecule has 55 heavy (non-hydrogen) atoms. The van der Waals surface area contributed by atoms with Crippen LogP contribution in [0.1, 0.15) is 93.9 Å². The van der Waals surface area contributed by atoms with Gasteiger partial charge in [-0.1, -0.05) is 137 Å². The average molecular weight is 732 g/mol. The Morgan fingerprint density at radius 2 is 1.35 bits per heavy atom. The minimum absolute atomic E-state index is 0.0406. The van der Waals surface area contributed by atoms with Gasteiger partial charge in [0.25, 0.3) is 0 Å². The van der Waals surface area contributed by atoms with Crippen molar-refractivity contribution in [1.82, 2.24) is 0 Å². The molecule has 2 spiro atoms. The van der Waals surface area contributed by atoms with Crippen LogP contribution in [-0.2, 0) is 10.8 Å². The molecule has 3 saturated carbocycles. The second-order valence-electron chi connectivity index (χ2n) is 17.9. The molecule has 5 aliphatic carbocycles. The zero-order chi connectivity index (χ0) is 36.5. The summed E-state index contributed by atoms with van der Waals surface area (Å²) in [6.45, 7) is 5.07. The van der Waals surface area contributed by atoms with E-state index in [0.717, 1.165) is 5.92 Å². The lowest BCUT2D eigenvalue weighted by Gasteiger charge is -2.56. The predicted molar refractivity (Wildman–Crippen MR) is 233 cm³/mol. The van der Waals surface area contributed by atoms with Gasteiger partial charge in [0, 0.05) is 42.3 Å². The Morgan fingerprint density at radius 3 is 2.22 bits per heavy atom. The Labute approximate surface area is 330 Å². The monoisotopic (exact) mass is 731 g/mol. The topological polar surface area (TPSA) is 3.24 Å². The summed E-state index contributed by atoms with van der Waals surface area (Å²) < 4.78 is 2.71. The van der Waals surface area contributed by atoms with E-state index in [-0.39, 0.29) is 10.8 Å². The predicted octanol–water partition coefficient (Wildman–Crippen LogP) is 15.1. The molecule has 12 rings (SSSR count). The minimum atomic E-state index is 0.0406. The second kappa shape index (κ2) is 11.9. The molecule has 272 valence electrons. The number of fused-ring (bicyclic) bond motifs is 16. The standard InChI is InChI=1S/C53H49NS/c1-3-35-30-34-25-24-33(2)44(31-34)53(35)42-18-8-4-14-37(42)38-27-26-36(32-45(38)53)54(47-21-13-23-49-51(47)40-16-6-9-22-48(40)55-49)46-20-12-19-43-50(46)39-15-5-7-17-41(39)52(43)28-10-11-29-52/h4-9,12-23,26-27,32-35,44H,3,10-11,24-25,28-31H2,1-2H3/t33-,34?,35?,44?,53?/m0/s1. The van der Waals surface area contributed by atoms with Crippen LogP contribution in [0.2, 0.25) is 0 Å². The number of anilines is 3. The maximum atomic E-state index is 2.71. The van der Waals surface area contributed by atoms with E-state index in [2.05, 4.69) is 146 Å². The van der Waals surface area contributed by atoms with Crippen LogP contribution < -0.4 is 4.90 Å². The van der Waals surface area contributed by atoms with Gasteiger partial charge in [-0.05, 0) is 125 Å². The molecule has 1 aromatic heterocycles. The summed E-state index contributed by atoms with van der Waals surface area (Å²) in [5, 5.41) is 2.72. The third-order valence-electron chi connectivity index (χ3n) is 15.6. The number of hydrogen-bond acceptors (Lipinski definition) is 2. The first-order chi connectivity index (χ1) is 27.1. The normalized spacial score (nSPS) is 25.3. The third kappa shape index (κ3) is 4.25. The van der Waals surface area contributed by atoms with E-state index >= 15 is 0 Å². The van der Waals surface area contributed by atoms with E-state index < -0.39 is 0 Å². The van der Waals surface area contributed by atoms with E-state index in [1.807, 2.05) is 11.3 Å². The highest BCUT2D eigenvalue weighted by atomic mass is 32.1. The Balaban J connectivity index is 1.17. The Kier molecular flexibility index (Phi) is 7.06. The number of rotatable bonds is 4. The summed E-state index contributed by atoms with van der Waals surface area (Å²) in [6.07, 6.45) is 11.8. The van der Waals surface area contributed by atoms with Crippen LogP contribution in [0.4, 0.5) is 17.1 Å². The lowest BCUT2D eigenvalue weighted by molar-refractivity contribution is 0.0192. The fourth-order valence-electron chi connectivity index (χ4n) is 13.5. The molecule has 0 radical (unpaired) electrons. The molecule has 4 unspecified atom stereocenters. The summed E-state index contributed by atoms with van der Waals surface area (Å²) in [7, 11) is 0. The highest BCUT2D eigenvalue weighted by molar-refractivity contribution is 7.26. The van der Waals surface area contributed by atoms with E-state index in [9.17, 15) is 0 Å². The maximum absolute atomic E-state index is 2.71. The summed E-state index contributed by atoms with van der Waals surface area (Å²) >= 11 is 1.93. The van der Waals surface area contributed by atoms with Gasteiger partial charge in [0.15, 0.2) is 0 Å². The van der Waals surface area contributed by atoms with Gasteiger partial charge >= 0.3 is 0 Å². The lowest BCUT2D eigenvalue weighted by Crippen LogP contribution is -2.51. The van der Waals surface area contributed by atoms with E-state index in [4.69, 9.17) is 0 Å². The van der Waals surface area contributed by atoms with Crippen LogP contribution in [0.5, 0.6) is 0 Å². The van der Waals surface area contributed by atoms with Gasteiger partial charge in [-0.2, -0.15) is 0 Å². The maximum Gasteiger partial charge on any atom is 0.0555 e. The smallest absolute Gasteiger partial charge is 0.0555 e. The molecule has 2 heteroatoms. The van der Waals surface area contributed by atoms with E-state index in [1.165, 1.54) is 117 Å². The molecule has 0 aliphatic heterocycles. The first-order valence-electron chi connectivity index (χ1n) is 21.3. The molecule has 0 saturated heterocycles. The Morgan fingerprint density at radius 1 is 0.636 bits per heavy atom. The van der Waals surface area contributed by atoms with Crippen molar-refractivity contribution < 1.29 is 0 Å². The van der Waals surface area contributed by atoms with Crippen LogP contribution in [-0.4, -0.2) is 0 Å². The Bertz CT molecular complexity index is 2670. The summed E-state index contributed by atoms with van der Waals surface area (Å²) in [5.41, 5.74) is 16.2. The van der Waals surface area contributed by atoms with Crippen LogP contribution in [0, 0.1) is 23.7 Å². The van der Waals surface area contributed by atoms with E-state index in [1.54, 1.807) is 22.3 Å². The van der Waals surface area contributed by atoms with Crippen LogP contribution in [0.15, 0.2) is 127 Å². The second-order valence-corrected chi connectivity index (χ2v) is 19.0. The first-order valence-corrected chi connectivity index (χ1v) is 22.1. The fraction of sp³-hybridized carbons (Fsp3) is 0.321. The summed E-state index contributed by atoms with van der Waals surface area (Å²) in [4.78, 5) is 2.71. The van der Waals surface area contributed by atoms with Gasteiger partial charge in [0.05, 0.1) is 11.4 Å². The molecule has 0 amide bonds. The van der Waals surface area contributed by atoms with Crippen molar-refractivity contribution in [1.29, 1.82) is 0 Å². The molecule has 3 fully saturated rings. The SMILES string of the molecule is CCC1CC2CC[C@H](C)C(C2)C12c1ccccc1-c1ccc(N(c3cccc4c3-c3ccccc3C43CCCC3)c3cccc4sc5ccccc5c34)cc12. The zero-order valence-electron chi connectivity index (χ0n) is 32.2. The number of thiophene rings is 1. The molecular formula is C53H49NS. The van der Waals surface area contributed by atoms with Crippen molar-refractivity contribution >= 4 is 48.6 Å². The summed E-state index contributed by atoms with van der Waals surface area (Å²) in [6, 6.07) is 50.1. The highest BCUT2D eigenvalue weighted by Gasteiger charge is 2.58. The molecule has 7 aromatic rings. The summed E-state index contributed by atoms with van der Waals surface area (Å²) in [5.74, 6) is 2.89. The third-order valence-corrected chi connectivity index (χ3v) is 16.7. The molecule has 0 N–H and O–H groups in total. The van der Waals surface area contributed by atoms with Crippen molar-refractivity contribution in [2.45, 2.75) is 82.5 Å². The van der Waals surface area contributed by atoms with Gasteiger partial charge in [-0.15, -0.1) is 11.3 Å². The molecule has 2 bridgehead atoms. The average Bonchev–Trinajstić information content (AvgIpc) is 4.00. The first kappa shape index (κ1) is 32.6. The van der Waals surface area contributed by atoms with Crippen molar-refractivity contribution in [2.24, 2.45) is 23.7 Å². The van der Waals surface area contributed by atoms with Crippen molar-refractivity contribution in [3.05, 3.63) is 150 Å². The minimum Gasteiger partial charge on any atom is -0.309 e. The van der Waals surface area contributed by atoms with Gasteiger partial charge < -0.3 is 4.90 Å². The highest BCUT2D eigenvalue weighted by Crippen LogP contribution is 2.67. The van der Waals surface area contributed by atoms with Crippen LogP contribution in [0.25, 0.3) is 42.4 Å². The lowest BCUT2D eigenvalue weighted by atomic mass is 9.47. The van der Waals surface area contributed by atoms with Gasteiger partial charge in [0.1, 0.15) is 0 Å².